The van der Waals surface area contributed by atoms with Gasteiger partial charge in [-0.25, -0.2) is 9.37 Å². The van der Waals surface area contributed by atoms with Crippen LogP contribution < -0.4 is 4.74 Å². The molecule has 1 atom stereocenters. The summed E-state index contributed by atoms with van der Waals surface area (Å²) in [6, 6.07) is 6.37. The van der Waals surface area contributed by atoms with Crippen LogP contribution in [0.3, 0.4) is 0 Å². The molecule has 0 radical (unpaired) electrons. The summed E-state index contributed by atoms with van der Waals surface area (Å²) < 4.78 is 23.9. The maximum atomic E-state index is 13.2. The molecule has 7 heteroatoms. The summed E-state index contributed by atoms with van der Waals surface area (Å²) in [5, 5.41) is 0. The van der Waals surface area contributed by atoms with Crippen molar-refractivity contribution in [3.8, 4) is 5.75 Å². The van der Waals surface area contributed by atoms with Gasteiger partial charge >= 0.3 is 0 Å². The Labute approximate surface area is 158 Å². The van der Waals surface area contributed by atoms with Gasteiger partial charge in [-0.3, -0.25) is 4.79 Å². The van der Waals surface area contributed by atoms with Crippen molar-refractivity contribution >= 4 is 5.91 Å². The summed E-state index contributed by atoms with van der Waals surface area (Å²) in [5.74, 6) is 0.597. The highest BCUT2D eigenvalue weighted by atomic mass is 19.1. The van der Waals surface area contributed by atoms with Gasteiger partial charge in [-0.1, -0.05) is 6.07 Å². The quantitative estimate of drug-likeness (QED) is 0.744. The van der Waals surface area contributed by atoms with E-state index in [0.29, 0.717) is 24.3 Å². The molecule has 0 spiro atoms. The van der Waals surface area contributed by atoms with Gasteiger partial charge in [0.05, 0.1) is 0 Å². The standard InChI is InChI=1S/C20H26FN3O3/c1-14(2)24-8-7-15(11-24)10-23(3)20(25)18-12-27-19(22-18)13-26-17-6-4-5-16(21)9-17/h4-6,9,12,14-15H,7-8,10-11,13H2,1-3H3. The topological polar surface area (TPSA) is 58.8 Å². The van der Waals surface area contributed by atoms with Crippen LogP contribution in [0.2, 0.25) is 0 Å². The minimum atomic E-state index is -0.375. The fourth-order valence-electron chi connectivity index (χ4n) is 3.32. The van der Waals surface area contributed by atoms with Gasteiger partial charge in [0, 0.05) is 32.2 Å². The van der Waals surface area contributed by atoms with Crippen molar-refractivity contribution in [2.24, 2.45) is 5.92 Å². The molecule has 3 rings (SSSR count). The van der Waals surface area contributed by atoms with Crippen LogP contribution in [0, 0.1) is 11.7 Å². The van der Waals surface area contributed by atoms with Crippen LogP contribution >= 0.6 is 0 Å². The molecule has 2 aromatic rings. The smallest absolute Gasteiger partial charge is 0.275 e. The number of hydrogen-bond acceptors (Lipinski definition) is 5. The Kier molecular flexibility index (Phi) is 6.11. The third-order valence-corrected chi connectivity index (χ3v) is 4.86. The first-order valence-corrected chi connectivity index (χ1v) is 9.24. The molecule has 0 bridgehead atoms. The van der Waals surface area contributed by atoms with Crippen molar-refractivity contribution in [2.75, 3.05) is 26.7 Å². The fraction of sp³-hybridized carbons (Fsp3) is 0.500. The lowest BCUT2D eigenvalue weighted by Crippen LogP contribution is -2.34. The average Bonchev–Trinajstić information content (AvgIpc) is 3.29. The maximum absolute atomic E-state index is 13.2. The first-order chi connectivity index (χ1) is 12.9. The Bertz CT molecular complexity index is 777. The van der Waals surface area contributed by atoms with E-state index in [2.05, 4.69) is 23.7 Å². The van der Waals surface area contributed by atoms with E-state index in [1.807, 2.05) is 0 Å². The molecule has 1 unspecified atom stereocenters. The highest BCUT2D eigenvalue weighted by Gasteiger charge is 2.27. The van der Waals surface area contributed by atoms with Crippen LogP contribution in [0.4, 0.5) is 4.39 Å². The predicted molar refractivity (Wildman–Crippen MR) is 99.0 cm³/mol. The summed E-state index contributed by atoms with van der Waals surface area (Å²) in [6.07, 6.45) is 2.44. The van der Waals surface area contributed by atoms with Crippen molar-refractivity contribution in [2.45, 2.75) is 32.9 Å². The third-order valence-electron chi connectivity index (χ3n) is 4.86. The molecular weight excluding hydrogens is 349 g/mol. The van der Waals surface area contributed by atoms with E-state index in [9.17, 15) is 9.18 Å². The molecule has 0 aliphatic carbocycles. The molecule has 1 saturated heterocycles. The van der Waals surface area contributed by atoms with E-state index in [1.54, 1.807) is 24.1 Å². The number of benzene rings is 1. The van der Waals surface area contributed by atoms with Crippen molar-refractivity contribution < 1.29 is 18.3 Å². The van der Waals surface area contributed by atoms with E-state index in [0.717, 1.165) is 19.5 Å². The molecule has 1 amide bonds. The second-order valence-electron chi connectivity index (χ2n) is 7.30. The molecule has 1 aromatic carbocycles. The van der Waals surface area contributed by atoms with Gasteiger partial charge in [-0.15, -0.1) is 0 Å². The van der Waals surface area contributed by atoms with Gasteiger partial charge in [-0.2, -0.15) is 0 Å². The summed E-state index contributed by atoms with van der Waals surface area (Å²) in [6.45, 7) is 7.22. The second kappa shape index (κ2) is 8.52. The van der Waals surface area contributed by atoms with Crippen molar-refractivity contribution in [1.29, 1.82) is 0 Å². The molecule has 27 heavy (non-hydrogen) atoms. The van der Waals surface area contributed by atoms with Crippen LogP contribution in [-0.4, -0.2) is 53.4 Å². The maximum Gasteiger partial charge on any atom is 0.275 e. The molecule has 1 aliphatic rings. The monoisotopic (exact) mass is 375 g/mol. The van der Waals surface area contributed by atoms with Gasteiger partial charge in [0.15, 0.2) is 12.3 Å². The van der Waals surface area contributed by atoms with Gasteiger partial charge in [0.2, 0.25) is 5.89 Å². The zero-order chi connectivity index (χ0) is 19.4. The normalized spacial score (nSPS) is 17.4. The highest BCUT2D eigenvalue weighted by Crippen LogP contribution is 2.20. The number of aromatic nitrogens is 1. The number of rotatable bonds is 7. The SMILES string of the molecule is CC(C)N1CCC(CN(C)C(=O)c2coc(COc3cccc(F)c3)n2)C1. The second-order valence-corrected chi connectivity index (χ2v) is 7.30. The number of carbonyl (C=O) groups is 1. The number of halogens is 1. The highest BCUT2D eigenvalue weighted by molar-refractivity contribution is 5.91. The molecule has 146 valence electrons. The van der Waals surface area contributed by atoms with Gasteiger partial charge in [0.25, 0.3) is 5.91 Å². The molecule has 0 N–H and O–H groups in total. The van der Waals surface area contributed by atoms with Crippen LogP contribution in [0.5, 0.6) is 5.75 Å². The van der Waals surface area contributed by atoms with Crippen LogP contribution in [0.25, 0.3) is 0 Å². The number of likely N-dealkylation sites (tertiary alicyclic amines) is 1. The molecule has 2 heterocycles. The molecule has 1 aromatic heterocycles. The number of nitrogens with zero attached hydrogens (tertiary/aromatic N) is 3. The van der Waals surface area contributed by atoms with Gasteiger partial charge in [0.1, 0.15) is 17.8 Å². The largest absolute Gasteiger partial charge is 0.484 e. The lowest BCUT2D eigenvalue weighted by atomic mass is 10.1. The van der Waals surface area contributed by atoms with Crippen LogP contribution in [0.1, 0.15) is 36.6 Å². The Balaban J connectivity index is 1.51. The number of carbonyl (C=O) groups excluding carboxylic acids is 1. The Hall–Kier alpha value is -2.41. The lowest BCUT2D eigenvalue weighted by Gasteiger charge is -2.22. The van der Waals surface area contributed by atoms with Crippen LogP contribution in [-0.2, 0) is 6.61 Å². The average molecular weight is 375 g/mol. The molecular formula is C20H26FN3O3. The Morgan fingerprint density at radius 2 is 2.30 bits per heavy atom. The molecule has 1 aliphatic heterocycles. The molecule has 1 fully saturated rings. The first-order valence-electron chi connectivity index (χ1n) is 9.24. The van der Waals surface area contributed by atoms with Crippen molar-refractivity contribution in [3.05, 3.63) is 47.9 Å². The number of amides is 1. The first kappa shape index (κ1) is 19.4. The summed E-state index contributed by atoms with van der Waals surface area (Å²) in [7, 11) is 1.79. The molecule has 6 nitrogen and oxygen atoms in total. The number of hydrogen-bond donors (Lipinski definition) is 0. The van der Waals surface area contributed by atoms with Crippen molar-refractivity contribution in [3.63, 3.8) is 0 Å². The number of ether oxygens (including phenoxy) is 1. The number of oxazole rings is 1. The van der Waals surface area contributed by atoms with Gasteiger partial charge < -0.3 is 19.0 Å². The van der Waals surface area contributed by atoms with Gasteiger partial charge in [-0.05, 0) is 44.9 Å². The third kappa shape index (κ3) is 5.07. The minimum Gasteiger partial charge on any atom is -0.484 e. The van der Waals surface area contributed by atoms with E-state index < -0.39 is 0 Å². The van der Waals surface area contributed by atoms with E-state index in [4.69, 9.17) is 9.15 Å². The lowest BCUT2D eigenvalue weighted by molar-refractivity contribution is 0.0766. The Morgan fingerprint density at radius 1 is 1.48 bits per heavy atom. The zero-order valence-electron chi connectivity index (χ0n) is 16.0. The molecule has 0 saturated carbocycles. The van der Waals surface area contributed by atoms with E-state index >= 15 is 0 Å². The van der Waals surface area contributed by atoms with E-state index in [-0.39, 0.29) is 29.9 Å². The minimum absolute atomic E-state index is 0.0341. The summed E-state index contributed by atoms with van der Waals surface area (Å²) in [4.78, 5) is 20.9. The Morgan fingerprint density at radius 3 is 3.00 bits per heavy atom. The zero-order valence-corrected chi connectivity index (χ0v) is 16.0. The summed E-state index contributed by atoms with van der Waals surface area (Å²) in [5.41, 5.74) is 0.258. The van der Waals surface area contributed by atoms with Crippen molar-refractivity contribution in [1.82, 2.24) is 14.8 Å². The van der Waals surface area contributed by atoms with Crippen LogP contribution in [0.15, 0.2) is 34.9 Å². The fourth-order valence-corrected chi connectivity index (χ4v) is 3.32. The van der Waals surface area contributed by atoms with E-state index in [1.165, 1.54) is 18.4 Å². The predicted octanol–water partition coefficient (Wildman–Crippen LogP) is 3.20. The summed E-state index contributed by atoms with van der Waals surface area (Å²) >= 11 is 0.